The van der Waals surface area contributed by atoms with Crippen molar-refractivity contribution in [3.05, 3.63) is 30.4 Å². The number of hydrogen-bond donors (Lipinski definition) is 3. The average molecular weight is 304 g/mol. The van der Waals surface area contributed by atoms with Gasteiger partial charge < -0.3 is 25.5 Å². The van der Waals surface area contributed by atoms with Gasteiger partial charge in [-0.25, -0.2) is 4.98 Å². The van der Waals surface area contributed by atoms with Gasteiger partial charge in [0.15, 0.2) is 0 Å². The molecule has 1 aromatic carbocycles. The van der Waals surface area contributed by atoms with Gasteiger partial charge in [-0.1, -0.05) is 6.08 Å². The number of amides is 1. The number of carbonyl (C=O) groups is 1. The molecule has 7 nitrogen and oxygen atoms in total. The molecule has 0 unspecified atom stereocenters. The van der Waals surface area contributed by atoms with Crippen LogP contribution in [0.4, 0.5) is 5.95 Å². The Morgan fingerprint density at radius 2 is 2.36 bits per heavy atom. The van der Waals surface area contributed by atoms with E-state index in [9.17, 15) is 4.79 Å². The van der Waals surface area contributed by atoms with Crippen molar-refractivity contribution in [2.75, 3.05) is 25.6 Å². The number of nitrogens with one attached hydrogen (secondary N) is 1. The molecule has 0 aliphatic heterocycles. The minimum absolute atomic E-state index is 0.0341. The lowest BCUT2D eigenvalue weighted by molar-refractivity contribution is 0.1000. The standard InChI is InChI=1S/C15H20N4O3/c1-3-5-19-13-11(18-15(19)17-2)8-10(14(16)21)9-12(13)22-7-4-6-20/h3,8-9,20H,1,4-7H2,2H3,(H2,16,21)(H,17,18). The average Bonchev–Trinajstić information content (AvgIpc) is 2.86. The zero-order valence-electron chi connectivity index (χ0n) is 12.5. The number of hydrogen-bond acceptors (Lipinski definition) is 5. The summed E-state index contributed by atoms with van der Waals surface area (Å²) in [5.74, 6) is 0.609. The summed E-state index contributed by atoms with van der Waals surface area (Å²) in [4.78, 5) is 15.9. The Kier molecular flexibility index (Phi) is 5.00. The van der Waals surface area contributed by atoms with Crippen LogP contribution in [-0.2, 0) is 6.54 Å². The van der Waals surface area contributed by atoms with Crippen LogP contribution in [0, 0.1) is 0 Å². The summed E-state index contributed by atoms with van der Waals surface area (Å²) in [6.45, 7) is 4.65. The molecule has 0 spiro atoms. The third-order valence-electron chi connectivity index (χ3n) is 3.19. The molecule has 2 aromatic rings. The summed E-state index contributed by atoms with van der Waals surface area (Å²) in [6.07, 6.45) is 2.25. The van der Waals surface area contributed by atoms with Gasteiger partial charge in [0.1, 0.15) is 11.3 Å². The molecule has 0 bridgehead atoms. The van der Waals surface area contributed by atoms with Crippen molar-refractivity contribution >= 4 is 22.9 Å². The predicted molar refractivity (Wildman–Crippen MR) is 85.2 cm³/mol. The van der Waals surface area contributed by atoms with Gasteiger partial charge in [-0.3, -0.25) is 4.79 Å². The fourth-order valence-corrected chi connectivity index (χ4v) is 2.23. The zero-order chi connectivity index (χ0) is 16.1. The lowest BCUT2D eigenvalue weighted by atomic mass is 10.1. The highest BCUT2D eigenvalue weighted by molar-refractivity contribution is 5.98. The van der Waals surface area contributed by atoms with E-state index < -0.39 is 5.91 Å². The monoisotopic (exact) mass is 304 g/mol. The molecule has 0 aliphatic carbocycles. The molecular weight excluding hydrogens is 284 g/mol. The minimum atomic E-state index is -0.543. The Bertz CT molecular complexity index is 694. The van der Waals surface area contributed by atoms with Crippen molar-refractivity contribution in [2.45, 2.75) is 13.0 Å². The highest BCUT2D eigenvalue weighted by atomic mass is 16.5. The number of imidazole rings is 1. The predicted octanol–water partition coefficient (Wildman–Crippen LogP) is 1.12. The molecule has 0 radical (unpaired) electrons. The van der Waals surface area contributed by atoms with E-state index in [4.69, 9.17) is 15.6 Å². The Balaban J connectivity index is 2.61. The zero-order valence-corrected chi connectivity index (χ0v) is 12.5. The lowest BCUT2D eigenvalue weighted by Crippen LogP contribution is -2.12. The van der Waals surface area contributed by atoms with E-state index in [0.717, 1.165) is 5.52 Å². The summed E-state index contributed by atoms with van der Waals surface area (Å²) >= 11 is 0. The van der Waals surface area contributed by atoms with Gasteiger partial charge in [-0.2, -0.15) is 0 Å². The van der Waals surface area contributed by atoms with Crippen LogP contribution in [0.15, 0.2) is 24.8 Å². The molecule has 1 aromatic heterocycles. The van der Waals surface area contributed by atoms with Crippen LogP contribution in [0.1, 0.15) is 16.8 Å². The van der Waals surface area contributed by atoms with Gasteiger partial charge >= 0.3 is 0 Å². The summed E-state index contributed by atoms with van der Waals surface area (Å²) in [7, 11) is 1.77. The Morgan fingerprint density at radius 3 is 2.95 bits per heavy atom. The fourth-order valence-electron chi connectivity index (χ4n) is 2.23. The number of aliphatic hydroxyl groups is 1. The van der Waals surface area contributed by atoms with Crippen molar-refractivity contribution in [3.8, 4) is 5.75 Å². The largest absolute Gasteiger partial charge is 0.491 e. The van der Waals surface area contributed by atoms with Crippen LogP contribution in [0.25, 0.3) is 11.0 Å². The van der Waals surface area contributed by atoms with Crippen molar-refractivity contribution in [3.63, 3.8) is 0 Å². The Hall–Kier alpha value is -2.54. The first-order chi connectivity index (χ1) is 10.6. The number of aromatic nitrogens is 2. The SMILES string of the molecule is C=CCn1c(NC)nc2cc(C(N)=O)cc(OCCCO)c21. The van der Waals surface area contributed by atoms with Crippen LogP contribution < -0.4 is 15.8 Å². The van der Waals surface area contributed by atoms with E-state index in [0.29, 0.717) is 42.4 Å². The molecule has 4 N–H and O–H groups in total. The van der Waals surface area contributed by atoms with E-state index in [1.807, 2.05) is 4.57 Å². The topological polar surface area (TPSA) is 102 Å². The molecule has 118 valence electrons. The number of allylic oxidation sites excluding steroid dienone is 1. The number of nitrogens with two attached hydrogens (primary N) is 1. The molecule has 22 heavy (non-hydrogen) atoms. The van der Waals surface area contributed by atoms with E-state index in [1.54, 1.807) is 25.3 Å². The van der Waals surface area contributed by atoms with Gasteiger partial charge in [0.25, 0.3) is 0 Å². The second-order valence-electron chi connectivity index (χ2n) is 4.72. The number of rotatable bonds is 8. The maximum absolute atomic E-state index is 11.5. The molecular formula is C15H20N4O3. The summed E-state index contributed by atoms with van der Waals surface area (Å²) in [5.41, 5.74) is 7.06. The molecule has 0 aliphatic rings. The highest BCUT2D eigenvalue weighted by Crippen LogP contribution is 2.30. The molecule has 1 heterocycles. The van der Waals surface area contributed by atoms with Crippen molar-refractivity contribution < 1.29 is 14.6 Å². The number of carbonyl (C=O) groups excluding carboxylic acids is 1. The van der Waals surface area contributed by atoms with Crippen molar-refractivity contribution in [1.82, 2.24) is 9.55 Å². The highest BCUT2D eigenvalue weighted by Gasteiger charge is 2.17. The third-order valence-corrected chi connectivity index (χ3v) is 3.19. The number of anilines is 1. The van der Waals surface area contributed by atoms with Crippen LogP contribution in [0.2, 0.25) is 0 Å². The number of aliphatic hydroxyl groups excluding tert-OH is 1. The van der Waals surface area contributed by atoms with E-state index in [-0.39, 0.29) is 6.61 Å². The molecule has 7 heteroatoms. The molecule has 0 saturated carbocycles. The maximum atomic E-state index is 11.5. The first-order valence-corrected chi connectivity index (χ1v) is 6.98. The second kappa shape index (κ2) is 6.95. The molecule has 0 atom stereocenters. The van der Waals surface area contributed by atoms with Gasteiger partial charge in [0.05, 0.1) is 12.1 Å². The molecule has 1 amide bonds. The van der Waals surface area contributed by atoms with Gasteiger partial charge in [0.2, 0.25) is 11.9 Å². The van der Waals surface area contributed by atoms with Crippen LogP contribution in [0.5, 0.6) is 5.75 Å². The maximum Gasteiger partial charge on any atom is 0.248 e. The smallest absolute Gasteiger partial charge is 0.248 e. The number of fused-ring (bicyclic) bond motifs is 1. The normalized spacial score (nSPS) is 10.6. The fraction of sp³-hybridized carbons (Fsp3) is 0.333. The second-order valence-corrected chi connectivity index (χ2v) is 4.72. The Morgan fingerprint density at radius 1 is 1.59 bits per heavy atom. The Labute approximate surface area is 128 Å². The minimum Gasteiger partial charge on any atom is -0.491 e. The molecule has 0 saturated heterocycles. The number of nitrogens with zero attached hydrogens (tertiary/aromatic N) is 2. The quantitative estimate of drug-likeness (QED) is 0.501. The first kappa shape index (κ1) is 15.8. The van der Waals surface area contributed by atoms with Crippen LogP contribution >= 0.6 is 0 Å². The molecule has 2 rings (SSSR count). The van der Waals surface area contributed by atoms with Gasteiger partial charge in [-0.05, 0) is 12.1 Å². The van der Waals surface area contributed by atoms with Gasteiger partial charge in [0, 0.05) is 32.2 Å². The first-order valence-electron chi connectivity index (χ1n) is 6.98. The third kappa shape index (κ3) is 3.04. The van der Waals surface area contributed by atoms with E-state index >= 15 is 0 Å². The van der Waals surface area contributed by atoms with E-state index in [1.165, 1.54) is 0 Å². The summed E-state index contributed by atoms with van der Waals surface area (Å²) in [5, 5.41) is 11.9. The van der Waals surface area contributed by atoms with Crippen molar-refractivity contribution in [2.24, 2.45) is 5.73 Å². The number of benzene rings is 1. The van der Waals surface area contributed by atoms with Crippen molar-refractivity contribution in [1.29, 1.82) is 0 Å². The summed E-state index contributed by atoms with van der Waals surface area (Å²) < 4.78 is 7.61. The summed E-state index contributed by atoms with van der Waals surface area (Å²) in [6, 6.07) is 3.24. The van der Waals surface area contributed by atoms with Crippen LogP contribution in [-0.4, -0.2) is 40.8 Å². The number of primary amides is 1. The molecule has 0 fully saturated rings. The number of ether oxygens (including phenoxy) is 1. The lowest BCUT2D eigenvalue weighted by Gasteiger charge is -2.11. The van der Waals surface area contributed by atoms with Gasteiger partial charge in [-0.15, -0.1) is 6.58 Å². The van der Waals surface area contributed by atoms with E-state index in [2.05, 4.69) is 16.9 Å². The van der Waals surface area contributed by atoms with Crippen LogP contribution in [0.3, 0.4) is 0 Å².